The summed E-state index contributed by atoms with van der Waals surface area (Å²) < 4.78 is 5.62. The van der Waals surface area contributed by atoms with Crippen LogP contribution in [-0.2, 0) is 4.74 Å². The zero-order chi connectivity index (χ0) is 13.1. The van der Waals surface area contributed by atoms with Crippen LogP contribution in [0.1, 0.15) is 37.2 Å². The summed E-state index contributed by atoms with van der Waals surface area (Å²) in [5, 5.41) is 4.48. The van der Waals surface area contributed by atoms with Crippen molar-refractivity contribution >= 4 is 11.6 Å². The first-order valence-corrected chi connectivity index (χ1v) is 7.76. The van der Waals surface area contributed by atoms with Crippen molar-refractivity contribution in [2.45, 2.75) is 37.6 Å². The Balaban J connectivity index is 1.30. The van der Waals surface area contributed by atoms with Crippen molar-refractivity contribution in [3.8, 4) is 0 Å². The highest BCUT2D eigenvalue weighted by atomic mass is 35.5. The molecule has 0 spiro atoms. The van der Waals surface area contributed by atoms with Gasteiger partial charge in [-0.15, -0.1) is 0 Å². The average Bonchev–Trinajstić information content (AvgIpc) is 3.17. The second kappa shape index (κ2) is 6.25. The monoisotopic (exact) mass is 279 g/mol. The standard InChI is InChI=1S/C16H22ClNO/c17-16-4-2-1-3-15(16)13-9-14(10-13)18-7-8-19-11-12-5-6-12/h1-4,12-14,18H,5-11H2. The van der Waals surface area contributed by atoms with E-state index >= 15 is 0 Å². The Bertz CT molecular complexity index is 413. The van der Waals surface area contributed by atoms with Crippen molar-refractivity contribution in [2.24, 2.45) is 5.92 Å². The molecule has 0 atom stereocenters. The minimum atomic E-state index is 0.638. The molecular formula is C16H22ClNO. The summed E-state index contributed by atoms with van der Waals surface area (Å²) in [6, 6.07) is 8.86. The Labute approximate surface area is 120 Å². The molecular weight excluding hydrogens is 258 g/mol. The molecule has 0 amide bonds. The predicted octanol–water partition coefficient (Wildman–Crippen LogP) is 3.60. The maximum atomic E-state index is 6.22. The third-order valence-electron chi connectivity index (χ3n) is 4.21. The van der Waals surface area contributed by atoms with Gasteiger partial charge in [0.2, 0.25) is 0 Å². The lowest BCUT2D eigenvalue weighted by molar-refractivity contribution is 0.120. The van der Waals surface area contributed by atoms with Crippen LogP contribution in [0.4, 0.5) is 0 Å². The predicted molar refractivity (Wildman–Crippen MR) is 78.8 cm³/mol. The molecule has 0 heterocycles. The van der Waals surface area contributed by atoms with E-state index in [1.54, 1.807) is 0 Å². The van der Waals surface area contributed by atoms with Crippen molar-refractivity contribution < 1.29 is 4.74 Å². The molecule has 0 aromatic heterocycles. The van der Waals surface area contributed by atoms with Crippen LogP contribution < -0.4 is 5.32 Å². The van der Waals surface area contributed by atoms with Crippen molar-refractivity contribution in [2.75, 3.05) is 19.8 Å². The second-order valence-electron chi connectivity index (χ2n) is 5.86. The van der Waals surface area contributed by atoms with Gasteiger partial charge in [0.1, 0.15) is 0 Å². The molecule has 0 bridgehead atoms. The van der Waals surface area contributed by atoms with Crippen LogP contribution in [0.3, 0.4) is 0 Å². The van der Waals surface area contributed by atoms with Crippen LogP contribution in [0.2, 0.25) is 5.02 Å². The minimum Gasteiger partial charge on any atom is -0.380 e. The van der Waals surface area contributed by atoms with Crippen LogP contribution in [0.5, 0.6) is 0 Å². The SMILES string of the molecule is Clc1ccccc1C1CC(NCCOCC2CC2)C1. The van der Waals surface area contributed by atoms with Gasteiger partial charge in [0.15, 0.2) is 0 Å². The molecule has 1 aromatic carbocycles. The first-order chi connectivity index (χ1) is 9.33. The quantitative estimate of drug-likeness (QED) is 0.770. The van der Waals surface area contributed by atoms with E-state index in [1.165, 1.54) is 31.2 Å². The Morgan fingerprint density at radius 3 is 2.74 bits per heavy atom. The molecule has 3 rings (SSSR count). The van der Waals surface area contributed by atoms with Gasteiger partial charge in [-0.05, 0) is 49.1 Å². The summed E-state index contributed by atoms with van der Waals surface area (Å²) in [5.74, 6) is 1.51. The lowest BCUT2D eigenvalue weighted by Crippen LogP contribution is -2.41. The number of hydrogen-bond donors (Lipinski definition) is 1. The molecule has 1 aromatic rings. The maximum absolute atomic E-state index is 6.22. The van der Waals surface area contributed by atoms with Crippen molar-refractivity contribution in [1.29, 1.82) is 0 Å². The molecule has 2 aliphatic carbocycles. The first-order valence-electron chi connectivity index (χ1n) is 7.38. The highest BCUT2D eigenvalue weighted by Crippen LogP contribution is 2.39. The number of ether oxygens (including phenoxy) is 1. The van der Waals surface area contributed by atoms with E-state index in [0.717, 1.165) is 30.7 Å². The van der Waals surface area contributed by atoms with Gasteiger partial charge >= 0.3 is 0 Å². The summed E-state index contributed by atoms with van der Waals surface area (Å²) in [6.07, 6.45) is 5.14. The third kappa shape index (κ3) is 3.71. The number of hydrogen-bond acceptors (Lipinski definition) is 2. The normalized spacial score (nSPS) is 26.2. The zero-order valence-electron chi connectivity index (χ0n) is 11.3. The largest absolute Gasteiger partial charge is 0.380 e. The van der Waals surface area contributed by atoms with Crippen molar-refractivity contribution in [3.05, 3.63) is 34.9 Å². The van der Waals surface area contributed by atoms with E-state index < -0.39 is 0 Å². The molecule has 3 heteroatoms. The summed E-state index contributed by atoms with van der Waals surface area (Å²) in [7, 11) is 0. The molecule has 2 aliphatic rings. The molecule has 2 nitrogen and oxygen atoms in total. The van der Waals surface area contributed by atoms with Gasteiger partial charge < -0.3 is 10.1 Å². The summed E-state index contributed by atoms with van der Waals surface area (Å²) in [4.78, 5) is 0. The molecule has 1 N–H and O–H groups in total. The Kier molecular flexibility index (Phi) is 4.42. The Morgan fingerprint density at radius 2 is 2.00 bits per heavy atom. The van der Waals surface area contributed by atoms with Gasteiger partial charge in [-0.25, -0.2) is 0 Å². The number of benzene rings is 1. The van der Waals surface area contributed by atoms with Crippen LogP contribution in [-0.4, -0.2) is 25.8 Å². The van der Waals surface area contributed by atoms with Crippen LogP contribution in [0, 0.1) is 5.92 Å². The Morgan fingerprint density at radius 1 is 1.21 bits per heavy atom. The highest BCUT2D eigenvalue weighted by Gasteiger charge is 2.30. The number of nitrogens with one attached hydrogen (secondary N) is 1. The van der Waals surface area contributed by atoms with Gasteiger partial charge in [0, 0.05) is 24.2 Å². The van der Waals surface area contributed by atoms with Gasteiger partial charge in [-0.3, -0.25) is 0 Å². The maximum Gasteiger partial charge on any atom is 0.0591 e. The summed E-state index contributed by atoms with van der Waals surface area (Å²) in [5.41, 5.74) is 1.31. The van der Waals surface area contributed by atoms with Gasteiger partial charge in [-0.1, -0.05) is 29.8 Å². The minimum absolute atomic E-state index is 0.638. The lowest BCUT2D eigenvalue weighted by atomic mass is 9.76. The van der Waals surface area contributed by atoms with E-state index in [0.29, 0.717) is 12.0 Å². The third-order valence-corrected chi connectivity index (χ3v) is 4.56. The van der Waals surface area contributed by atoms with E-state index in [1.807, 2.05) is 12.1 Å². The van der Waals surface area contributed by atoms with Crippen molar-refractivity contribution in [1.82, 2.24) is 5.32 Å². The van der Waals surface area contributed by atoms with E-state index in [-0.39, 0.29) is 0 Å². The number of rotatable bonds is 7. The first kappa shape index (κ1) is 13.4. The fraction of sp³-hybridized carbons (Fsp3) is 0.625. The molecule has 2 saturated carbocycles. The summed E-state index contributed by atoms with van der Waals surface area (Å²) >= 11 is 6.22. The van der Waals surface area contributed by atoms with Crippen molar-refractivity contribution in [3.63, 3.8) is 0 Å². The molecule has 0 aliphatic heterocycles. The second-order valence-corrected chi connectivity index (χ2v) is 6.27. The molecule has 104 valence electrons. The summed E-state index contributed by atoms with van der Waals surface area (Å²) in [6.45, 7) is 2.80. The fourth-order valence-corrected chi connectivity index (χ4v) is 3.00. The average molecular weight is 280 g/mol. The van der Waals surface area contributed by atoms with Gasteiger partial charge in [0.25, 0.3) is 0 Å². The van der Waals surface area contributed by atoms with Gasteiger partial charge in [-0.2, -0.15) is 0 Å². The van der Waals surface area contributed by atoms with E-state index in [9.17, 15) is 0 Å². The van der Waals surface area contributed by atoms with Crippen LogP contribution in [0.25, 0.3) is 0 Å². The molecule has 2 fully saturated rings. The van der Waals surface area contributed by atoms with Crippen LogP contribution in [0.15, 0.2) is 24.3 Å². The number of halogens is 1. The van der Waals surface area contributed by atoms with E-state index in [4.69, 9.17) is 16.3 Å². The topological polar surface area (TPSA) is 21.3 Å². The van der Waals surface area contributed by atoms with Gasteiger partial charge in [0.05, 0.1) is 6.61 Å². The molecule has 0 saturated heterocycles. The lowest BCUT2D eigenvalue weighted by Gasteiger charge is -2.36. The van der Waals surface area contributed by atoms with Crippen LogP contribution >= 0.6 is 11.6 Å². The smallest absolute Gasteiger partial charge is 0.0591 e. The fourth-order valence-electron chi connectivity index (χ4n) is 2.71. The molecule has 19 heavy (non-hydrogen) atoms. The highest BCUT2D eigenvalue weighted by molar-refractivity contribution is 6.31. The molecule has 0 unspecified atom stereocenters. The Hall–Kier alpha value is -0.570. The zero-order valence-corrected chi connectivity index (χ0v) is 12.0. The van der Waals surface area contributed by atoms with E-state index in [2.05, 4.69) is 17.4 Å². The molecule has 0 radical (unpaired) electrons.